The van der Waals surface area contributed by atoms with Gasteiger partial charge in [0.15, 0.2) is 0 Å². The van der Waals surface area contributed by atoms with Crippen LogP contribution in [0.15, 0.2) is 22.7 Å². The molecule has 1 atom stereocenters. The zero-order valence-corrected chi connectivity index (χ0v) is 12.6. The number of halogens is 2. The number of nitrogens with one attached hydrogen (secondary N) is 1. The number of hydrogen-bond acceptors (Lipinski definition) is 3. The first kappa shape index (κ1) is 15.4. The summed E-state index contributed by atoms with van der Waals surface area (Å²) in [6.45, 7) is 2.69. The fourth-order valence-electron chi connectivity index (χ4n) is 1.61. The third kappa shape index (κ3) is 3.45. The number of amides is 1. The largest absolute Gasteiger partial charge is 0.383 e. The number of carbonyl (C=O) groups is 1. The SMILES string of the molecule is COCCNC(C)(C(N)=O)c1ccc(Br)cc1Cl. The molecule has 4 nitrogen and oxygen atoms in total. The monoisotopic (exact) mass is 334 g/mol. The van der Waals surface area contributed by atoms with E-state index in [1.54, 1.807) is 26.2 Å². The van der Waals surface area contributed by atoms with E-state index in [1.807, 2.05) is 6.07 Å². The summed E-state index contributed by atoms with van der Waals surface area (Å²) in [5, 5.41) is 3.56. The summed E-state index contributed by atoms with van der Waals surface area (Å²) in [6, 6.07) is 5.33. The van der Waals surface area contributed by atoms with Gasteiger partial charge in [-0.05, 0) is 24.6 Å². The van der Waals surface area contributed by atoms with E-state index in [-0.39, 0.29) is 0 Å². The third-order valence-electron chi connectivity index (χ3n) is 2.75. The van der Waals surface area contributed by atoms with Gasteiger partial charge in [0.1, 0.15) is 5.54 Å². The zero-order valence-electron chi connectivity index (χ0n) is 10.3. The van der Waals surface area contributed by atoms with Crippen LogP contribution in [0.1, 0.15) is 12.5 Å². The van der Waals surface area contributed by atoms with Crippen molar-refractivity contribution in [1.29, 1.82) is 0 Å². The predicted octanol–water partition coefficient (Wildman–Crippen LogP) is 2.04. The molecule has 0 heterocycles. The van der Waals surface area contributed by atoms with Gasteiger partial charge in [-0.15, -0.1) is 0 Å². The van der Waals surface area contributed by atoms with E-state index in [2.05, 4.69) is 21.2 Å². The number of hydrogen-bond donors (Lipinski definition) is 2. The summed E-state index contributed by atoms with van der Waals surface area (Å²) in [5.74, 6) is -0.483. The smallest absolute Gasteiger partial charge is 0.242 e. The summed E-state index contributed by atoms with van der Waals surface area (Å²) >= 11 is 9.48. The molecule has 0 aromatic heterocycles. The number of benzene rings is 1. The summed E-state index contributed by atoms with van der Waals surface area (Å²) in [6.07, 6.45) is 0. The highest BCUT2D eigenvalue weighted by molar-refractivity contribution is 9.10. The fourth-order valence-corrected chi connectivity index (χ4v) is 2.48. The Morgan fingerprint density at radius 1 is 1.61 bits per heavy atom. The second kappa shape index (κ2) is 6.52. The topological polar surface area (TPSA) is 64.3 Å². The Morgan fingerprint density at radius 2 is 2.28 bits per heavy atom. The molecule has 1 rings (SSSR count). The second-order valence-electron chi connectivity index (χ2n) is 4.03. The van der Waals surface area contributed by atoms with Crippen LogP contribution in [0.5, 0.6) is 0 Å². The molecule has 100 valence electrons. The highest BCUT2D eigenvalue weighted by atomic mass is 79.9. The molecule has 18 heavy (non-hydrogen) atoms. The standard InChI is InChI=1S/C12H16BrClN2O2/c1-12(11(15)17,16-5-6-18-2)9-4-3-8(13)7-10(9)14/h3-4,7,16H,5-6H2,1-2H3,(H2,15,17). The Balaban J connectivity index is 3.06. The highest BCUT2D eigenvalue weighted by Gasteiger charge is 2.34. The minimum absolute atomic E-state index is 0.482. The van der Waals surface area contributed by atoms with Crippen molar-refractivity contribution in [2.75, 3.05) is 20.3 Å². The molecule has 0 spiro atoms. The van der Waals surface area contributed by atoms with Crippen molar-refractivity contribution in [3.8, 4) is 0 Å². The Morgan fingerprint density at radius 3 is 2.78 bits per heavy atom. The fraction of sp³-hybridized carbons (Fsp3) is 0.417. The van der Waals surface area contributed by atoms with Crippen molar-refractivity contribution in [3.05, 3.63) is 33.3 Å². The van der Waals surface area contributed by atoms with E-state index in [9.17, 15) is 4.79 Å². The van der Waals surface area contributed by atoms with Gasteiger partial charge in [-0.2, -0.15) is 0 Å². The van der Waals surface area contributed by atoms with Crippen LogP contribution in [0.2, 0.25) is 5.02 Å². The molecule has 1 amide bonds. The molecule has 1 unspecified atom stereocenters. The maximum Gasteiger partial charge on any atom is 0.242 e. The summed E-state index contributed by atoms with van der Waals surface area (Å²) in [7, 11) is 1.59. The summed E-state index contributed by atoms with van der Waals surface area (Å²) in [5.41, 5.74) is 5.11. The molecular formula is C12H16BrClN2O2. The minimum atomic E-state index is -1.02. The summed E-state index contributed by atoms with van der Waals surface area (Å²) < 4.78 is 5.79. The van der Waals surface area contributed by atoms with Gasteiger partial charge in [0.2, 0.25) is 5.91 Å². The molecule has 0 saturated heterocycles. The van der Waals surface area contributed by atoms with E-state index in [0.29, 0.717) is 23.7 Å². The van der Waals surface area contributed by atoms with Crippen LogP contribution in [0.3, 0.4) is 0 Å². The third-order valence-corrected chi connectivity index (χ3v) is 3.55. The number of methoxy groups -OCH3 is 1. The summed E-state index contributed by atoms with van der Waals surface area (Å²) in [4.78, 5) is 11.7. The number of ether oxygens (including phenoxy) is 1. The van der Waals surface area contributed by atoms with Gasteiger partial charge in [0.05, 0.1) is 6.61 Å². The van der Waals surface area contributed by atoms with E-state index < -0.39 is 11.4 Å². The van der Waals surface area contributed by atoms with Crippen molar-refractivity contribution >= 4 is 33.4 Å². The maximum atomic E-state index is 11.7. The van der Waals surface area contributed by atoms with Crippen LogP contribution in [-0.4, -0.2) is 26.2 Å². The van der Waals surface area contributed by atoms with Crippen LogP contribution < -0.4 is 11.1 Å². The number of carbonyl (C=O) groups excluding carboxylic acids is 1. The molecule has 1 aromatic carbocycles. The lowest BCUT2D eigenvalue weighted by molar-refractivity contribution is -0.124. The highest BCUT2D eigenvalue weighted by Crippen LogP contribution is 2.30. The van der Waals surface area contributed by atoms with Gasteiger partial charge in [0, 0.05) is 23.1 Å². The first-order valence-corrected chi connectivity index (χ1v) is 6.58. The van der Waals surface area contributed by atoms with Gasteiger partial charge in [-0.1, -0.05) is 33.6 Å². The first-order chi connectivity index (χ1) is 8.41. The molecule has 0 aliphatic carbocycles. The van der Waals surface area contributed by atoms with Gasteiger partial charge in [-0.25, -0.2) is 0 Å². The lowest BCUT2D eigenvalue weighted by atomic mass is 9.91. The van der Waals surface area contributed by atoms with Crippen molar-refractivity contribution in [3.63, 3.8) is 0 Å². The lowest BCUT2D eigenvalue weighted by Crippen LogP contribution is -2.51. The van der Waals surface area contributed by atoms with E-state index in [0.717, 1.165) is 4.47 Å². The number of rotatable bonds is 6. The average Bonchev–Trinajstić information content (AvgIpc) is 2.28. The molecule has 0 aliphatic rings. The Bertz CT molecular complexity index is 442. The van der Waals surface area contributed by atoms with Crippen LogP contribution in [0.4, 0.5) is 0 Å². The molecule has 0 aliphatic heterocycles. The Kier molecular flexibility index (Phi) is 5.59. The van der Waals surface area contributed by atoms with Crippen molar-refractivity contribution in [1.82, 2.24) is 5.32 Å². The van der Waals surface area contributed by atoms with Gasteiger partial charge < -0.3 is 10.5 Å². The molecular weight excluding hydrogens is 320 g/mol. The first-order valence-electron chi connectivity index (χ1n) is 5.41. The molecule has 0 radical (unpaired) electrons. The Hall–Kier alpha value is -0.620. The Labute approximate surface area is 120 Å². The lowest BCUT2D eigenvalue weighted by Gasteiger charge is -2.29. The van der Waals surface area contributed by atoms with Crippen molar-refractivity contribution < 1.29 is 9.53 Å². The van der Waals surface area contributed by atoms with Crippen LogP contribution >= 0.6 is 27.5 Å². The van der Waals surface area contributed by atoms with Crippen LogP contribution in [0.25, 0.3) is 0 Å². The normalized spacial score (nSPS) is 14.2. The van der Waals surface area contributed by atoms with Crippen molar-refractivity contribution in [2.45, 2.75) is 12.5 Å². The van der Waals surface area contributed by atoms with E-state index >= 15 is 0 Å². The second-order valence-corrected chi connectivity index (χ2v) is 5.36. The van der Waals surface area contributed by atoms with Crippen molar-refractivity contribution in [2.24, 2.45) is 5.73 Å². The molecule has 0 saturated carbocycles. The molecule has 0 bridgehead atoms. The molecule has 0 fully saturated rings. The van der Waals surface area contributed by atoms with Crippen LogP contribution in [-0.2, 0) is 15.1 Å². The number of primary amides is 1. The maximum absolute atomic E-state index is 11.7. The number of nitrogens with two attached hydrogens (primary N) is 1. The quantitative estimate of drug-likeness (QED) is 0.782. The average molecular weight is 336 g/mol. The minimum Gasteiger partial charge on any atom is -0.383 e. The molecule has 6 heteroatoms. The predicted molar refractivity (Wildman–Crippen MR) is 75.6 cm³/mol. The van der Waals surface area contributed by atoms with Gasteiger partial charge >= 0.3 is 0 Å². The molecule has 3 N–H and O–H groups in total. The van der Waals surface area contributed by atoms with E-state index in [1.165, 1.54) is 0 Å². The van der Waals surface area contributed by atoms with Gasteiger partial charge in [-0.3, -0.25) is 10.1 Å². The van der Waals surface area contributed by atoms with Crippen LogP contribution in [0, 0.1) is 0 Å². The van der Waals surface area contributed by atoms with E-state index in [4.69, 9.17) is 22.1 Å². The zero-order chi connectivity index (χ0) is 13.8. The van der Waals surface area contributed by atoms with Gasteiger partial charge in [0.25, 0.3) is 0 Å². The molecule has 1 aromatic rings.